The van der Waals surface area contributed by atoms with Gasteiger partial charge in [-0.15, -0.1) is 6.58 Å². The summed E-state index contributed by atoms with van der Waals surface area (Å²) >= 11 is 1.56. The molecule has 22 heavy (non-hydrogen) atoms. The van der Waals surface area contributed by atoms with Gasteiger partial charge in [0.25, 0.3) is 0 Å². The molecule has 1 aromatic rings. The van der Waals surface area contributed by atoms with Crippen LogP contribution in [0.25, 0.3) is 0 Å². The number of allylic oxidation sites excluding steroid dienone is 1. The van der Waals surface area contributed by atoms with Crippen LogP contribution in [0.2, 0.25) is 0 Å². The van der Waals surface area contributed by atoms with Crippen molar-refractivity contribution in [2.75, 3.05) is 12.4 Å². The number of rotatable bonds is 5. The molecule has 0 aromatic heterocycles. The molecule has 0 radical (unpaired) electrons. The SMILES string of the molecule is C=CCSC1=NC(c2ccccc2)C(C(=O)OCC)=C(C)N1. The fourth-order valence-electron chi connectivity index (χ4n) is 2.21. The maximum absolute atomic E-state index is 12.3. The predicted molar refractivity (Wildman–Crippen MR) is 91.7 cm³/mol. The lowest BCUT2D eigenvalue weighted by Crippen LogP contribution is -2.30. The highest BCUT2D eigenvalue weighted by atomic mass is 32.2. The molecule has 0 saturated heterocycles. The summed E-state index contributed by atoms with van der Waals surface area (Å²) in [6.07, 6.45) is 1.83. The number of ether oxygens (including phenoxy) is 1. The minimum atomic E-state index is -0.339. The van der Waals surface area contributed by atoms with E-state index < -0.39 is 0 Å². The van der Waals surface area contributed by atoms with Crippen molar-refractivity contribution in [3.05, 3.63) is 59.8 Å². The van der Waals surface area contributed by atoms with E-state index in [4.69, 9.17) is 4.74 Å². The first kappa shape index (κ1) is 16.4. The van der Waals surface area contributed by atoms with Crippen LogP contribution in [-0.4, -0.2) is 23.5 Å². The lowest BCUT2D eigenvalue weighted by atomic mass is 9.97. The maximum Gasteiger partial charge on any atom is 0.338 e. The van der Waals surface area contributed by atoms with Crippen LogP contribution < -0.4 is 5.32 Å². The zero-order valence-corrected chi connectivity index (χ0v) is 13.7. The lowest BCUT2D eigenvalue weighted by Gasteiger charge is -2.25. The number of hydrogen-bond donors (Lipinski definition) is 1. The third-order valence-electron chi connectivity index (χ3n) is 3.17. The molecule has 2 rings (SSSR count). The Morgan fingerprint density at radius 3 is 2.82 bits per heavy atom. The first-order chi connectivity index (χ1) is 10.7. The van der Waals surface area contributed by atoms with E-state index in [0.717, 1.165) is 22.2 Å². The van der Waals surface area contributed by atoms with Crippen molar-refractivity contribution in [1.29, 1.82) is 0 Å². The fraction of sp³-hybridized carbons (Fsp3) is 0.294. The third-order valence-corrected chi connectivity index (χ3v) is 4.05. The van der Waals surface area contributed by atoms with Gasteiger partial charge in [0.1, 0.15) is 6.04 Å². The summed E-state index contributed by atoms with van der Waals surface area (Å²) in [6.45, 7) is 7.75. The van der Waals surface area contributed by atoms with Crippen molar-refractivity contribution in [3.63, 3.8) is 0 Å². The minimum absolute atomic E-state index is 0.321. The highest BCUT2D eigenvalue weighted by molar-refractivity contribution is 8.13. The van der Waals surface area contributed by atoms with Gasteiger partial charge in [0, 0.05) is 11.4 Å². The average Bonchev–Trinajstić information content (AvgIpc) is 2.53. The van der Waals surface area contributed by atoms with Gasteiger partial charge in [-0.2, -0.15) is 0 Å². The number of benzene rings is 1. The van der Waals surface area contributed by atoms with Gasteiger partial charge in [-0.1, -0.05) is 48.2 Å². The standard InChI is InChI=1S/C17H20N2O2S/c1-4-11-22-17-18-12(3)14(16(20)21-5-2)15(19-17)13-9-7-6-8-10-13/h4,6-10,15H,1,5,11H2,2-3H3,(H,18,19). The van der Waals surface area contributed by atoms with Crippen molar-refractivity contribution >= 4 is 22.9 Å². The number of thioether (sulfide) groups is 1. The Morgan fingerprint density at radius 1 is 1.45 bits per heavy atom. The largest absolute Gasteiger partial charge is 0.463 e. The number of esters is 1. The number of carbonyl (C=O) groups is 1. The average molecular weight is 316 g/mol. The monoisotopic (exact) mass is 316 g/mol. The number of carbonyl (C=O) groups excluding carboxylic acids is 1. The van der Waals surface area contributed by atoms with Crippen molar-refractivity contribution in [1.82, 2.24) is 5.32 Å². The Morgan fingerprint density at radius 2 is 2.18 bits per heavy atom. The molecule has 5 heteroatoms. The van der Waals surface area contributed by atoms with Crippen LogP contribution >= 0.6 is 11.8 Å². The number of nitrogens with one attached hydrogen (secondary N) is 1. The first-order valence-electron chi connectivity index (χ1n) is 7.18. The first-order valence-corrected chi connectivity index (χ1v) is 8.17. The van der Waals surface area contributed by atoms with Gasteiger partial charge in [-0.3, -0.25) is 0 Å². The van der Waals surface area contributed by atoms with E-state index in [9.17, 15) is 4.79 Å². The Kier molecular flexibility index (Phi) is 5.83. The molecule has 1 heterocycles. The van der Waals surface area contributed by atoms with Gasteiger partial charge < -0.3 is 10.1 Å². The van der Waals surface area contributed by atoms with E-state index in [2.05, 4.69) is 16.9 Å². The van der Waals surface area contributed by atoms with Crippen molar-refractivity contribution in [2.24, 2.45) is 4.99 Å². The number of aliphatic imine (C=N–C) groups is 1. The molecule has 1 aliphatic heterocycles. The Bertz CT molecular complexity index is 608. The van der Waals surface area contributed by atoms with Crippen LogP contribution in [0.3, 0.4) is 0 Å². The molecule has 0 fully saturated rings. The normalized spacial score (nSPS) is 17.5. The van der Waals surface area contributed by atoms with Crippen molar-refractivity contribution in [3.8, 4) is 0 Å². The minimum Gasteiger partial charge on any atom is -0.463 e. The number of nitrogens with zero attached hydrogens (tertiary/aromatic N) is 1. The molecule has 0 saturated carbocycles. The summed E-state index contributed by atoms with van der Waals surface area (Å²) in [5, 5.41) is 3.98. The molecule has 1 unspecified atom stereocenters. The van der Waals surface area contributed by atoms with Crippen LogP contribution in [0.1, 0.15) is 25.5 Å². The van der Waals surface area contributed by atoms with E-state index in [-0.39, 0.29) is 12.0 Å². The van der Waals surface area contributed by atoms with Crippen molar-refractivity contribution in [2.45, 2.75) is 19.9 Å². The number of hydrogen-bond acceptors (Lipinski definition) is 5. The van der Waals surface area contributed by atoms with Crippen molar-refractivity contribution < 1.29 is 9.53 Å². The van der Waals surface area contributed by atoms with Gasteiger partial charge in [0.05, 0.1) is 12.2 Å². The third kappa shape index (κ3) is 3.80. The Hall–Kier alpha value is -2.01. The molecule has 0 aliphatic carbocycles. The second kappa shape index (κ2) is 7.84. The van der Waals surface area contributed by atoms with Gasteiger partial charge >= 0.3 is 5.97 Å². The number of amidine groups is 1. The highest BCUT2D eigenvalue weighted by Gasteiger charge is 2.30. The van der Waals surface area contributed by atoms with Gasteiger partial charge in [0.2, 0.25) is 0 Å². The second-order valence-corrected chi connectivity index (χ2v) is 5.74. The molecule has 4 nitrogen and oxygen atoms in total. The molecule has 1 aliphatic rings. The summed E-state index contributed by atoms with van der Waals surface area (Å²) in [5.41, 5.74) is 2.33. The second-order valence-electron chi connectivity index (χ2n) is 4.73. The molecule has 1 N–H and O–H groups in total. The molecule has 0 amide bonds. The predicted octanol–water partition coefficient (Wildman–Crippen LogP) is 3.44. The topological polar surface area (TPSA) is 50.7 Å². The van der Waals surface area contributed by atoms with Gasteiger partial charge in [-0.05, 0) is 19.4 Å². The smallest absolute Gasteiger partial charge is 0.338 e. The Labute approximate surface area is 135 Å². The molecular formula is C17H20N2O2S. The summed E-state index contributed by atoms with van der Waals surface area (Å²) in [7, 11) is 0. The molecule has 1 aromatic carbocycles. The summed E-state index contributed by atoms with van der Waals surface area (Å²) < 4.78 is 5.19. The Balaban J connectivity index is 2.38. The maximum atomic E-state index is 12.3. The molecular weight excluding hydrogens is 296 g/mol. The van der Waals surface area contributed by atoms with E-state index in [1.807, 2.05) is 43.3 Å². The molecule has 0 bridgehead atoms. The van der Waals surface area contributed by atoms with Crippen LogP contribution in [-0.2, 0) is 9.53 Å². The fourth-order valence-corrected chi connectivity index (χ4v) is 2.89. The van der Waals surface area contributed by atoms with E-state index in [0.29, 0.717) is 12.2 Å². The van der Waals surface area contributed by atoms with E-state index >= 15 is 0 Å². The van der Waals surface area contributed by atoms with Crippen LogP contribution in [0.15, 0.2) is 59.2 Å². The van der Waals surface area contributed by atoms with Gasteiger partial charge in [-0.25, -0.2) is 9.79 Å². The van der Waals surface area contributed by atoms with Crippen LogP contribution in [0.4, 0.5) is 0 Å². The highest BCUT2D eigenvalue weighted by Crippen LogP contribution is 2.32. The summed E-state index contributed by atoms with van der Waals surface area (Å²) in [4.78, 5) is 17.0. The van der Waals surface area contributed by atoms with Crippen LogP contribution in [0, 0.1) is 0 Å². The lowest BCUT2D eigenvalue weighted by molar-refractivity contribution is -0.138. The summed E-state index contributed by atoms with van der Waals surface area (Å²) in [5.74, 6) is 0.438. The summed E-state index contributed by atoms with van der Waals surface area (Å²) in [6, 6.07) is 9.45. The quantitative estimate of drug-likeness (QED) is 0.668. The van der Waals surface area contributed by atoms with Crippen LogP contribution in [0.5, 0.6) is 0 Å². The molecule has 1 atom stereocenters. The van der Waals surface area contributed by atoms with Gasteiger partial charge in [0.15, 0.2) is 5.17 Å². The van der Waals surface area contributed by atoms with E-state index in [1.165, 1.54) is 0 Å². The zero-order chi connectivity index (χ0) is 15.9. The zero-order valence-electron chi connectivity index (χ0n) is 12.8. The molecule has 0 spiro atoms. The van der Waals surface area contributed by atoms with E-state index in [1.54, 1.807) is 18.7 Å². The molecule has 116 valence electrons.